The number of rotatable bonds is 5. The van der Waals surface area contributed by atoms with Gasteiger partial charge in [-0.3, -0.25) is 25.2 Å². The van der Waals surface area contributed by atoms with Crippen molar-refractivity contribution in [2.24, 2.45) is 5.41 Å². The molecule has 144 valence electrons. The van der Waals surface area contributed by atoms with Crippen LogP contribution in [0, 0.1) is 5.41 Å². The third-order valence-electron chi connectivity index (χ3n) is 4.22. The van der Waals surface area contributed by atoms with Crippen molar-refractivity contribution in [1.82, 2.24) is 10.9 Å². The molecule has 0 bridgehead atoms. The van der Waals surface area contributed by atoms with Gasteiger partial charge in [0.1, 0.15) is 8.54 Å². The summed E-state index contributed by atoms with van der Waals surface area (Å²) in [6.45, 7) is 1.58. The Morgan fingerprint density at radius 2 is 1.78 bits per heavy atom. The van der Waals surface area contributed by atoms with E-state index in [-0.39, 0.29) is 21.9 Å². The first kappa shape index (κ1) is 19.9. The predicted molar refractivity (Wildman–Crippen MR) is 104 cm³/mol. The average molecular weight is 448 g/mol. The molecule has 3 N–H and O–H groups in total. The van der Waals surface area contributed by atoms with Crippen LogP contribution in [0.5, 0.6) is 0 Å². The van der Waals surface area contributed by atoms with Crippen LogP contribution in [0.25, 0.3) is 0 Å². The van der Waals surface area contributed by atoms with Gasteiger partial charge in [-0.15, -0.1) is 34.5 Å². The summed E-state index contributed by atoms with van der Waals surface area (Å²) in [7, 11) is -3.82. The molecule has 11 heteroatoms. The van der Waals surface area contributed by atoms with Gasteiger partial charge in [-0.25, -0.2) is 8.42 Å². The molecular formula is C16H15Cl2N3O4S2. The van der Waals surface area contributed by atoms with E-state index in [9.17, 15) is 18.0 Å². The summed E-state index contributed by atoms with van der Waals surface area (Å²) in [6.07, 6.45) is 0.266. The van der Waals surface area contributed by atoms with Crippen molar-refractivity contribution in [2.75, 3.05) is 4.72 Å². The van der Waals surface area contributed by atoms with Crippen LogP contribution < -0.4 is 15.6 Å². The van der Waals surface area contributed by atoms with E-state index in [1.807, 2.05) is 0 Å². The first-order chi connectivity index (χ1) is 12.6. The van der Waals surface area contributed by atoms with E-state index < -0.39 is 31.6 Å². The lowest BCUT2D eigenvalue weighted by atomic mass is 10.1. The van der Waals surface area contributed by atoms with Crippen molar-refractivity contribution in [3.8, 4) is 0 Å². The minimum atomic E-state index is -3.82. The van der Waals surface area contributed by atoms with E-state index in [0.717, 1.165) is 11.3 Å². The predicted octanol–water partition coefficient (Wildman–Crippen LogP) is 2.89. The lowest BCUT2D eigenvalue weighted by Gasteiger charge is -2.15. The first-order valence-electron chi connectivity index (χ1n) is 7.71. The Morgan fingerprint density at radius 1 is 1.11 bits per heavy atom. The molecule has 0 aliphatic heterocycles. The molecular weight excluding hydrogens is 433 g/mol. The SMILES string of the molecule is CC1(C(=O)NNC(=O)c2ccccc2NS(=O)(=O)c2cccs2)CC1(Cl)Cl. The molecule has 1 aliphatic carbocycles. The molecule has 1 aromatic heterocycles. The highest BCUT2D eigenvalue weighted by atomic mass is 35.5. The second kappa shape index (κ2) is 6.97. The summed E-state index contributed by atoms with van der Waals surface area (Å²) < 4.78 is 26.1. The van der Waals surface area contributed by atoms with Gasteiger partial charge in [0.2, 0.25) is 5.91 Å². The molecule has 0 saturated heterocycles. The molecule has 3 rings (SSSR count). The third-order valence-corrected chi connectivity index (χ3v) is 8.09. The van der Waals surface area contributed by atoms with Gasteiger partial charge >= 0.3 is 0 Å². The number of carbonyl (C=O) groups excluding carboxylic acids is 2. The molecule has 0 spiro atoms. The number of hydrazine groups is 1. The smallest absolute Gasteiger partial charge is 0.271 e. The number of sulfonamides is 1. The van der Waals surface area contributed by atoms with Gasteiger partial charge in [-0.2, -0.15) is 0 Å². The minimum absolute atomic E-state index is 0.0434. The van der Waals surface area contributed by atoms with Gasteiger partial charge in [-0.05, 0) is 36.9 Å². The second-order valence-electron chi connectivity index (χ2n) is 6.20. The van der Waals surface area contributed by atoms with Crippen LogP contribution in [0.1, 0.15) is 23.7 Å². The highest BCUT2D eigenvalue weighted by molar-refractivity contribution is 7.94. The van der Waals surface area contributed by atoms with Gasteiger partial charge in [0, 0.05) is 0 Å². The summed E-state index contributed by atoms with van der Waals surface area (Å²) in [4.78, 5) is 24.6. The number of amides is 2. The van der Waals surface area contributed by atoms with Crippen LogP contribution in [0.2, 0.25) is 0 Å². The van der Waals surface area contributed by atoms with E-state index >= 15 is 0 Å². The van der Waals surface area contributed by atoms with E-state index in [1.54, 1.807) is 30.5 Å². The molecule has 1 unspecified atom stereocenters. The molecule has 1 atom stereocenters. The van der Waals surface area contributed by atoms with Crippen LogP contribution in [0.15, 0.2) is 46.0 Å². The van der Waals surface area contributed by atoms with Gasteiger partial charge < -0.3 is 0 Å². The van der Waals surface area contributed by atoms with Crippen LogP contribution in [0.3, 0.4) is 0 Å². The maximum absolute atomic E-state index is 12.4. The Labute approximate surface area is 170 Å². The number of halogens is 2. The normalized spacial score (nSPS) is 20.6. The molecule has 1 saturated carbocycles. The number of benzene rings is 1. The number of alkyl halides is 2. The Bertz CT molecular complexity index is 993. The fourth-order valence-corrected chi connectivity index (χ4v) is 5.13. The van der Waals surface area contributed by atoms with Crippen molar-refractivity contribution >= 4 is 62.1 Å². The topological polar surface area (TPSA) is 104 Å². The number of para-hydroxylation sites is 1. The van der Waals surface area contributed by atoms with E-state index in [2.05, 4.69) is 15.6 Å². The molecule has 27 heavy (non-hydrogen) atoms. The van der Waals surface area contributed by atoms with Crippen molar-refractivity contribution in [3.63, 3.8) is 0 Å². The highest BCUT2D eigenvalue weighted by Crippen LogP contribution is 2.63. The highest BCUT2D eigenvalue weighted by Gasteiger charge is 2.68. The molecule has 1 heterocycles. The molecule has 1 fully saturated rings. The summed E-state index contributed by atoms with van der Waals surface area (Å²) >= 11 is 12.9. The molecule has 2 amide bonds. The first-order valence-corrected chi connectivity index (χ1v) is 10.8. The van der Waals surface area contributed by atoms with Crippen molar-refractivity contribution in [2.45, 2.75) is 21.9 Å². The molecule has 2 aromatic rings. The molecule has 1 aliphatic rings. The van der Waals surface area contributed by atoms with E-state index in [1.165, 1.54) is 18.2 Å². The molecule has 0 radical (unpaired) electrons. The summed E-state index contributed by atoms with van der Waals surface area (Å²) in [5.41, 5.74) is 3.66. The van der Waals surface area contributed by atoms with Crippen molar-refractivity contribution < 1.29 is 18.0 Å². The second-order valence-corrected chi connectivity index (χ2v) is 10.5. The van der Waals surface area contributed by atoms with Gasteiger partial charge in [0.05, 0.1) is 16.7 Å². The zero-order valence-corrected chi connectivity index (χ0v) is 17.1. The Kier molecular flexibility index (Phi) is 5.15. The molecule has 7 nitrogen and oxygen atoms in total. The quantitative estimate of drug-likeness (QED) is 0.483. The number of nitrogens with one attached hydrogen (secondary N) is 3. The monoisotopic (exact) mass is 447 g/mol. The van der Waals surface area contributed by atoms with Crippen molar-refractivity contribution in [1.29, 1.82) is 0 Å². The Hall–Kier alpha value is -1.81. The maximum Gasteiger partial charge on any atom is 0.271 e. The van der Waals surface area contributed by atoms with E-state index in [4.69, 9.17) is 23.2 Å². The zero-order chi connectivity index (χ0) is 19.9. The number of hydrogen-bond acceptors (Lipinski definition) is 5. The van der Waals surface area contributed by atoms with Crippen molar-refractivity contribution in [3.05, 3.63) is 47.3 Å². The largest absolute Gasteiger partial charge is 0.278 e. The van der Waals surface area contributed by atoms with E-state index in [0.29, 0.717) is 0 Å². The number of thiophene rings is 1. The minimum Gasteiger partial charge on any atom is -0.278 e. The van der Waals surface area contributed by atoms with Crippen LogP contribution in [0.4, 0.5) is 5.69 Å². The van der Waals surface area contributed by atoms with Gasteiger partial charge in [0.15, 0.2) is 0 Å². The lowest BCUT2D eigenvalue weighted by molar-refractivity contribution is -0.126. The Morgan fingerprint density at radius 3 is 2.37 bits per heavy atom. The fraction of sp³-hybridized carbons (Fsp3) is 0.250. The van der Waals surface area contributed by atoms with Crippen LogP contribution in [-0.2, 0) is 14.8 Å². The molecule has 1 aromatic carbocycles. The lowest BCUT2D eigenvalue weighted by Crippen LogP contribution is -2.46. The average Bonchev–Trinajstić information content (AvgIpc) is 2.98. The summed E-state index contributed by atoms with van der Waals surface area (Å²) in [5, 5.41) is 1.63. The van der Waals surface area contributed by atoms with Gasteiger partial charge in [0.25, 0.3) is 15.9 Å². The number of anilines is 1. The standard InChI is InChI=1S/C16H15Cl2N3O4S2/c1-15(9-16(15,17)18)14(23)20-19-13(22)10-5-2-3-6-11(10)21-27(24,25)12-7-4-8-26-12/h2-8,21H,9H2,1H3,(H,19,22)(H,20,23). The maximum atomic E-state index is 12.4. The number of hydrogen-bond donors (Lipinski definition) is 3. The third kappa shape index (κ3) is 3.91. The summed E-state index contributed by atoms with van der Waals surface area (Å²) in [6, 6.07) is 9.11. The zero-order valence-electron chi connectivity index (χ0n) is 14.0. The Balaban J connectivity index is 1.72. The fourth-order valence-electron chi connectivity index (χ4n) is 2.35. The number of carbonyl (C=O) groups is 2. The van der Waals surface area contributed by atoms with Crippen LogP contribution >= 0.6 is 34.5 Å². The summed E-state index contributed by atoms with van der Waals surface area (Å²) in [5.74, 6) is -1.22. The van der Waals surface area contributed by atoms with Crippen LogP contribution in [-0.4, -0.2) is 24.6 Å². The van der Waals surface area contributed by atoms with Gasteiger partial charge in [-0.1, -0.05) is 18.2 Å².